The van der Waals surface area contributed by atoms with E-state index in [0.717, 1.165) is 0 Å². The van der Waals surface area contributed by atoms with Crippen LogP contribution in [0.15, 0.2) is 18.6 Å². The second-order valence-electron chi connectivity index (χ2n) is 2.50. The molecule has 0 bridgehead atoms. The van der Waals surface area contributed by atoms with Gasteiger partial charge in [-0.15, -0.1) is 5.10 Å². The normalized spacial score (nSPS) is 10.2. The number of nitrogens with zero attached hydrogens (tertiary/aromatic N) is 5. The van der Waals surface area contributed by atoms with E-state index in [4.69, 9.17) is 5.73 Å². The molecule has 0 saturated carbocycles. The zero-order valence-corrected chi connectivity index (χ0v) is 7.05. The summed E-state index contributed by atoms with van der Waals surface area (Å²) in [7, 11) is 0. The molecule has 6 nitrogen and oxygen atoms in total. The maximum Gasteiger partial charge on any atom is 0.240 e. The van der Waals surface area contributed by atoms with Gasteiger partial charge in [0.25, 0.3) is 0 Å². The third-order valence-electron chi connectivity index (χ3n) is 1.57. The lowest BCUT2D eigenvalue weighted by Crippen LogP contribution is -2.02. The van der Waals surface area contributed by atoms with E-state index >= 15 is 0 Å². The van der Waals surface area contributed by atoms with Gasteiger partial charge in [0, 0.05) is 12.3 Å². The van der Waals surface area contributed by atoms with Gasteiger partial charge in [-0.05, 0) is 6.92 Å². The van der Waals surface area contributed by atoms with E-state index in [2.05, 4.69) is 20.1 Å². The number of nitrogen functional groups attached to an aromatic ring is 1. The van der Waals surface area contributed by atoms with Crippen LogP contribution >= 0.6 is 0 Å². The zero-order valence-electron chi connectivity index (χ0n) is 7.05. The highest BCUT2D eigenvalue weighted by atomic mass is 15.4. The molecule has 0 aliphatic rings. The summed E-state index contributed by atoms with van der Waals surface area (Å²) in [4.78, 5) is 11.8. The Morgan fingerprint density at radius 1 is 1.46 bits per heavy atom. The molecule has 0 saturated heterocycles. The molecule has 66 valence electrons. The lowest BCUT2D eigenvalue weighted by Gasteiger charge is -1.98. The van der Waals surface area contributed by atoms with Crippen molar-refractivity contribution in [3.8, 4) is 5.82 Å². The van der Waals surface area contributed by atoms with E-state index < -0.39 is 0 Å². The second-order valence-corrected chi connectivity index (χ2v) is 2.50. The average Bonchev–Trinajstić information content (AvgIpc) is 2.47. The molecular formula is C7H8N6. The van der Waals surface area contributed by atoms with Crippen molar-refractivity contribution >= 4 is 5.95 Å². The van der Waals surface area contributed by atoms with Gasteiger partial charge in [-0.1, -0.05) is 0 Å². The molecule has 0 aliphatic carbocycles. The Hall–Kier alpha value is -1.98. The first-order chi connectivity index (χ1) is 6.27. The molecule has 2 rings (SSSR count). The summed E-state index contributed by atoms with van der Waals surface area (Å²) < 4.78 is 1.57. The van der Waals surface area contributed by atoms with Crippen molar-refractivity contribution in [1.82, 2.24) is 24.7 Å². The van der Waals surface area contributed by atoms with Gasteiger partial charge < -0.3 is 5.73 Å². The predicted octanol–water partition coefficient (Wildman–Crippen LogP) is -0.0521. The van der Waals surface area contributed by atoms with Crippen molar-refractivity contribution in [2.75, 3.05) is 5.73 Å². The maximum absolute atomic E-state index is 5.43. The molecule has 13 heavy (non-hydrogen) atoms. The topological polar surface area (TPSA) is 82.5 Å². The van der Waals surface area contributed by atoms with E-state index in [1.807, 2.05) is 6.92 Å². The number of anilines is 1. The Morgan fingerprint density at radius 2 is 2.31 bits per heavy atom. The second kappa shape index (κ2) is 2.81. The standard InChI is InChI=1S/C7H8N6/c1-5-11-7(8)12-13(5)6-2-3-9-4-10-6/h2-4H,1H3,(H2,8,12). The van der Waals surface area contributed by atoms with Gasteiger partial charge in [0.2, 0.25) is 5.95 Å². The molecule has 0 spiro atoms. The monoisotopic (exact) mass is 176 g/mol. The molecular weight excluding hydrogens is 168 g/mol. The van der Waals surface area contributed by atoms with E-state index in [1.165, 1.54) is 6.33 Å². The lowest BCUT2D eigenvalue weighted by molar-refractivity contribution is 0.808. The van der Waals surface area contributed by atoms with Crippen molar-refractivity contribution in [1.29, 1.82) is 0 Å². The van der Waals surface area contributed by atoms with Gasteiger partial charge >= 0.3 is 0 Å². The number of nitrogens with two attached hydrogens (primary N) is 1. The smallest absolute Gasteiger partial charge is 0.240 e. The van der Waals surface area contributed by atoms with Crippen LogP contribution in [-0.2, 0) is 0 Å². The van der Waals surface area contributed by atoms with E-state index in [9.17, 15) is 0 Å². The third-order valence-corrected chi connectivity index (χ3v) is 1.57. The Balaban J connectivity index is 2.53. The van der Waals surface area contributed by atoms with E-state index in [-0.39, 0.29) is 5.95 Å². The van der Waals surface area contributed by atoms with Gasteiger partial charge in [0.15, 0.2) is 5.82 Å². The minimum absolute atomic E-state index is 0.246. The van der Waals surface area contributed by atoms with E-state index in [1.54, 1.807) is 16.9 Å². The number of hydrogen-bond donors (Lipinski definition) is 1. The van der Waals surface area contributed by atoms with Crippen LogP contribution in [0.3, 0.4) is 0 Å². The number of rotatable bonds is 1. The highest BCUT2D eigenvalue weighted by molar-refractivity contribution is 5.24. The summed E-state index contributed by atoms with van der Waals surface area (Å²) in [5.74, 6) is 1.61. The van der Waals surface area contributed by atoms with Crippen LogP contribution in [0.4, 0.5) is 5.95 Å². The summed E-state index contributed by atoms with van der Waals surface area (Å²) in [6, 6.07) is 1.74. The molecule has 2 N–H and O–H groups in total. The fourth-order valence-corrected chi connectivity index (χ4v) is 1.04. The molecule has 6 heteroatoms. The minimum atomic E-state index is 0.246. The van der Waals surface area contributed by atoms with Gasteiger partial charge in [-0.2, -0.15) is 9.67 Å². The van der Waals surface area contributed by atoms with Gasteiger partial charge in [-0.3, -0.25) is 0 Å². The third kappa shape index (κ3) is 1.33. The average molecular weight is 176 g/mol. The minimum Gasteiger partial charge on any atom is -0.366 e. The number of aromatic nitrogens is 5. The molecule has 0 fully saturated rings. The zero-order chi connectivity index (χ0) is 9.26. The van der Waals surface area contributed by atoms with Crippen LogP contribution in [0.25, 0.3) is 5.82 Å². The van der Waals surface area contributed by atoms with Crippen LogP contribution in [0.1, 0.15) is 5.82 Å². The molecule has 0 atom stereocenters. The van der Waals surface area contributed by atoms with E-state index in [0.29, 0.717) is 11.6 Å². The summed E-state index contributed by atoms with van der Waals surface area (Å²) in [5, 5.41) is 3.97. The van der Waals surface area contributed by atoms with Gasteiger partial charge in [-0.25, -0.2) is 9.97 Å². The molecule has 0 aromatic carbocycles. The Labute approximate surface area is 74.5 Å². The van der Waals surface area contributed by atoms with Crippen LogP contribution in [-0.4, -0.2) is 24.7 Å². The first kappa shape index (κ1) is 7.66. The molecule has 2 heterocycles. The molecule has 0 aliphatic heterocycles. The Kier molecular flexibility index (Phi) is 1.66. The molecule has 2 aromatic rings. The van der Waals surface area contributed by atoms with Crippen LogP contribution in [0, 0.1) is 6.92 Å². The molecule has 0 amide bonds. The highest BCUT2D eigenvalue weighted by Gasteiger charge is 2.04. The highest BCUT2D eigenvalue weighted by Crippen LogP contribution is 2.04. The SMILES string of the molecule is Cc1nc(N)nn1-c1ccncn1. The number of aryl methyl sites for hydroxylation is 1. The summed E-state index contributed by atoms with van der Waals surface area (Å²) in [6.45, 7) is 1.81. The molecule has 0 radical (unpaired) electrons. The maximum atomic E-state index is 5.43. The molecule has 0 unspecified atom stereocenters. The Morgan fingerprint density at radius 3 is 2.85 bits per heavy atom. The molecule has 2 aromatic heterocycles. The largest absolute Gasteiger partial charge is 0.366 e. The van der Waals surface area contributed by atoms with Crippen molar-refractivity contribution in [3.63, 3.8) is 0 Å². The quantitative estimate of drug-likeness (QED) is 0.658. The van der Waals surface area contributed by atoms with Crippen molar-refractivity contribution in [2.24, 2.45) is 0 Å². The number of hydrogen-bond acceptors (Lipinski definition) is 5. The van der Waals surface area contributed by atoms with Crippen LogP contribution in [0.2, 0.25) is 0 Å². The summed E-state index contributed by atoms with van der Waals surface area (Å²) >= 11 is 0. The van der Waals surface area contributed by atoms with Gasteiger partial charge in [0.05, 0.1) is 0 Å². The summed E-state index contributed by atoms with van der Waals surface area (Å²) in [6.07, 6.45) is 3.09. The van der Waals surface area contributed by atoms with Crippen molar-refractivity contribution < 1.29 is 0 Å². The fraction of sp³-hybridized carbons (Fsp3) is 0.143. The van der Waals surface area contributed by atoms with Gasteiger partial charge in [0.1, 0.15) is 12.2 Å². The predicted molar refractivity (Wildman–Crippen MR) is 46.1 cm³/mol. The lowest BCUT2D eigenvalue weighted by atomic mass is 10.5. The first-order valence-corrected chi connectivity index (χ1v) is 3.73. The van der Waals surface area contributed by atoms with Crippen LogP contribution < -0.4 is 5.73 Å². The van der Waals surface area contributed by atoms with Crippen molar-refractivity contribution in [3.05, 3.63) is 24.4 Å². The first-order valence-electron chi connectivity index (χ1n) is 3.73. The van der Waals surface area contributed by atoms with Crippen LogP contribution in [0.5, 0.6) is 0 Å². The fourth-order valence-electron chi connectivity index (χ4n) is 1.04. The Bertz CT molecular complexity index is 406. The summed E-state index contributed by atoms with van der Waals surface area (Å²) in [5.41, 5.74) is 5.43. The van der Waals surface area contributed by atoms with Crippen molar-refractivity contribution in [2.45, 2.75) is 6.92 Å².